The third kappa shape index (κ3) is 3.10. The number of carboxylic acids is 1. The smallest absolute Gasteiger partial charge is 0.371 e. The predicted molar refractivity (Wildman–Crippen MR) is 72.4 cm³/mol. The Kier molecular flexibility index (Phi) is 3.95. The maximum atomic E-state index is 12.8. The molecule has 6 heteroatoms. The van der Waals surface area contributed by atoms with Crippen LogP contribution in [0.15, 0.2) is 48.2 Å². The SMILES string of the molecule is O=C(O)/C(O)=C\C(=O)c1ccc(-c2ccc(F)cc2)s1. The molecule has 0 aliphatic heterocycles. The van der Waals surface area contributed by atoms with E-state index in [9.17, 15) is 14.0 Å². The fourth-order valence-electron chi connectivity index (χ4n) is 1.50. The number of aliphatic hydroxyl groups is 1. The summed E-state index contributed by atoms with van der Waals surface area (Å²) in [6.45, 7) is 0. The summed E-state index contributed by atoms with van der Waals surface area (Å²) in [5.41, 5.74) is 0.752. The molecule has 2 aromatic rings. The molecule has 0 bridgehead atoms. The number of hydrogen-bond donors (Lipinski definition) is 2. The van der Waals surface area contributed by atoms with Gasteiger partial charge in [0.25, 0.3) is 0 Å². The third-order valence-corrected chi connectivity index (χ3v) is 3.61. The molecular formula is C14H9FO4S. The molecule has 0 unspecified atom stereocenters. The fraction of sp³-hybridized carbons (Fsp3) is 0. The molecule has 2 N–H and O–H groups in total. The Morgan fingerprint density at radius 1 is 1.05 bits per heavy atom. The number of thiophene rings is 1. The van der Waals surface area contributed by atoms with Gasteiger partial charge < -0.3 is 10.2 Å². The van der Waals surface area contributed by atoms with Gasteiger partial charge in [0.2, 0.25) is 5.76 Å². The third-order valence-electron chi connectivity index (χ3n) is 2.46. The lowest BCUT2D eigenvalue weighted by atomic mass is 10.2. The van der Waals surface area contributed by atoms with Crippen molar-refractivity contribution < 1.29 is 24.2 Å². The number of aliphatic carboxylic acids is 1. The zero-order chi connectivity index (χ0) is 14.7. The number of halogens is 1. The molecule has 0 saturated carbocycles. The Bertz CT molecular complexity index is 685. The van der Waals surface area contributed by atoms with Crippen LogP contribution in [0, 0.1) is 5.82 Å². The molecule has 0 radical (unpaired) electrons. The second-order valence-corrected chi connectivity index (χ2v) is 4.95. The fourth-order valence-corrected chi connectivity index (χ4v) is 2.42. The number of rotatable bonds is 4. The van der Waals surface area contributed by atoms with Gasteiger partial charge in [-0.3, -0.25) is 4.79 Å². The van der Waals surface area contributed by atoms with Gasteiger partial charge in [0.05, 0.1) is 4.88 Å². The van der Waals surface area contributed by atoms with Crippen molar-refractivity contribution in [3.05, 3.63) is 58.9 Å². The van der Waals surface area contributed by atoms with Gasteiger partial charge in [0.15, 0.2) is 5.78 Å². The molecule has 0 atom stereocenters. The van der Waals surface area contributed by atoms with Crippen molar-refractivity contribution in [3.8, 4) is 10.4 Å². The number of hydrogen-bond acceptors (Lipinski definition) is 4. The summed E-state index contributed by atoms with van der Waals surface area (Å²) in [7, 11) is 0. The molecule has 0 saturated heterocycles. The zero-order valence-electron chi connectivity index (χ0n) is 10.0. The lowest BCUT2D eigenvalue weighted by Gasteiger charge is -1.96. The van der Waals surface area contributed by atoms with Gasteiger partial charge in [-0.1, -0.05) is 12.1 Å². The van der Waals surface area contributed by atoms with Gasteiger partial charge in [0, 0.05) is 11.0 Å². The van der Waals surface area contributed by atoms with Crippen molar-refractivity contribution in [2.45, 2.75) is 0 Å². The zero-order valence-corrected chi connectivity index (χ0v) is 10.9. The molecule has 1 aromatic carbocycles. The first-order chi connectivity index (χ1) is 9.47. The van der Waals surface area contributed by atoms with Gasteiger partial charge in [0.1, 0.15) is 5.82 Å². The minimum absolute atomic E-state index is 0.289. The van der Waals surface area contributed by atoms with E-state index in [1.165, 1.54) is 18.2 Å². The number of carbonyl (C=O) groups excluding carboxylic acids is 1. The maximum absolute atomic E-state index is 12.8. The Balaban J connectivity index is 2.25. The van der Waals surface area contributed by atoms with Gasteiger partial charge in [-0.2, -0.15) is 0 Å². The molecule has 20 heavy (non-hydrogen) atoms. The van der Waals surface area contributed by atoms with Crippen LogP contribution in [0.4, 0.5) is 4.39 Å². The standard InChI is InChI=1S/C14H9FO4S/c15-9-3-1-8(2-4-9)12-5-6-13(20-12)10(16)7-11(17)14(18)19/h1-7,17H,(H,18,19)/b11-7+. The summed E-state index contributed by atoms with van der Waals surface area (Å²) in [5.74, 6) is -3.51. The van der Waals surface area contributed by atoms with Crippen molar-refractivity contribution in [1.29, 1.82) is 0 Å². The van der Waals surface area contributed by atoms with Crippen LogP contribution in [0.1, 0.15) is 9.67 Å². The number of allylic oxidation sites excluding steroid dienone is 1. The molecule has 0 aliphatic carbocycles. The number of aliphatic hydroxyl groups excluding tert-OH is 1. The van der Waals surface area contributed by atoms with Crippen molar-refractivity contribution in [1.82, 2.24) is 0 Å². The van der Waals surface area contributed by atoms with E-state index in [1.54, 1.807) is 18.2 Å². The summed E-state index contributed by atoms with van der Waals surface area (Å²) in [4.78, 5) is 23.2. The summed E-state index contributed by atoms with van der Waals surface area (Å²) in [6, 6.07) is 8.99. The van der Waals surface area contributed by atoms with Gasteiger partial charge in [-0.25, -0.2) is 9.18 Å². The van der Waals surface area contributed by atoms with Crippen LogP contribution >= 0.6 is 11.3 Å². The Hall–Kier alpha value is -2.47. The lowest BCUT2D eigenvalue weighted by Crippen LogP contribution is -2.02. The van der Waals surface area contributed by atoms with Crippen LogP contribution in [-0.4, -0.2) is 22.0 Å². The molecule has 102 valence electrons. The average Bonchev–Trinajstić information content (AvgIpc) is 2.89. The van der Waals surface area contributed by atoms with Crippen LogP contribution in [-0.2, 0) is 4.79 Å². The summed E-state index contributed by atoms with van der Waals surface area (Å²) in [5, 5.41) is 17.5. The Morgan fingerprint density at radius 2 is 1.70 bits per heavy atom. The van der Waals surface area contributed by atoms with E-state index in [-0.39, 0.29) is 10.7 Å². The van der Waals surface area contributed by atoms with E-state index in [0.717, 1.165) is 21.8 Å². The monoisotopic (exact) mass is 292 g/mol. The number of ketones is 1. The Morgan fingerprint density at radius 3 is 2.30 bits per heavy atom. The van der Waals surface area contributed by atoms with E-state index in [0.29, 0.717) is 6.08 Å². The molecule has 0 fully saturated rings. The predicted octanol–water partition coefficient (Wildman–Crippen LogP) is 3.26. The van der Waals surface area contributed by atoms with Crippen molar-refractivity contribution in [2.75, 3.05) is 0 Å². The largest absolute Gasteiger partial charge is 0.502 e. The molecule has 4 nitrogen and oxygen atoms in total. The number of benzene rings is 1. The molecular weight excluding hydrogens is 283 g/mol. The first-order valence-electron chi connectivity index (χ1n) is 5.51. The number of carboxylic acid groups (broad SMARTS) is 1. The topological polar surface area (TPSA) is 74.6 Å². The first kappa shape index (κ1) is 14.0. The van der Waals surface area contributed by atoms with E-state index in [1.807, 2.05) is 0 Å². The first-order valence-corrected chi connectivity index (χ1v) is 6.33. The van der Waals surface area contributed by atoms with Crippen LogP contribution in [0.3, 0.4) is 0 Å². The van der Waals surface area contributed by atoms with E-state index < -0.39 is 17.5 Å². The normalized spacial score (nSPS) is 11.3. The van der Waals surface area contributed by atoms with Crippen LogP contribution in [0.25, 0.3) is 10.4 Å². The highest BCUT2D eigenvalue weighted by molar-refractivity contribution is 7.17. The maximum Gasteiger partial charge on any atom is 0.371 e. The van der Waals surface area contributed by atoms with Gasteiger partial charge >= 0.3 is 5.97 Å². The number of carbonyl (C=O) groups is 2. The molecule has 1 aromatic heterocycles. The second kappa shape index (κ2) is 5.66. The molecule has 1 heterocycles. The average molecular weight is 292 g/mol. The van der Waals surface area contributed by atoms with E-state index >= 15 is 0 Å². The second-order valence-electron chi connectivity index (χ2n) is 3.87. The summed E-state index contributed by atoms with van der Waals surface area (Å²) >= 11 is 1.13. The van der Waals surface area contributed by atoms with Crippen molar-refractivity contribution in [3.63, 3.8) is 0 Å². The highest BCUT2D eigenvalue weighted by atomic mass is 32.1. The quantitative estimate of drug-likeness (QED) is 0.515. The molecule has 0 amide bonds. The van der Waals surface area contributed by atoms with Crippen LogP contribution in [0.2, 0.25) is 0 Å². The molecule has 0 aliphatic rings. The van der Waals surface area contributed by atoms with Gasteiger partial charge in [-0.15, -0.1) is 11.3 Å². The molecule has 2 rings (SSSR count). The van der Waals surface area contributed by atoms with Gasteiger partial charge in [-0.05, 0) is 29.8 Å². The summed E-state index contributed by atoms with van der Waals surface area (Å²) < 4.78 is 12.8. The Labute approximate surface area is 117 Å². The summed E-state index contributed by atoms with van der Waals surface area (Å²) in [6.07, 6.45) is 0.655. The molecule has 0 spiro atoms. The van der Waals surface area contributed by atoms with Crippen LogP contribution < -0.4 is 0 Å². The lowest BCUT2D eigenvalue weighted by molar-refractivity contribution is -0.135. The minimum atomic E-state index is -1.56. The van der Waals surface area contributed by atoms with E-state index in [4.69, 9.17) is 10.2 Å². The van der Waals surface area contributed by atoms with Crippen molar-refractivity contribution in [2.24, 2.45) is 0 Å². The van der Waals surface area contributed by atoms with E-state index in [2.05, 4.69) is 0 Å². The highest BCUT2D eigenvalue weighted by Gasteiger charge is 2.12. The van der Waals surface area contributed by atoms with Crippen molar-refractivity contribution >= 4 is 23.1 Å². The van der Waals surface area contributed by atoms with Crippen LogP contribution in [0.5, 0.6) is 0 Å². The minimum Gasteiger partial charge on any atom is -0.502 e. The highest BCUT2D eigenvalue weighted by Crippen LogP contribution is 2.28.